The Morgan fingerprint density at radius 3 is 2.67 bits per heavy atom. The molecule has 0 spiro atoms. The van der Waals surface area contributed by atoms with E-state index in [0.29, 0.717) is 6.04 Å². The molecule has 2 aliphatic rings. The Kier molecular flexibility index (Phi) is 3.47. The summed E-state index contributed by atoms with van der Waals surface area (Å²) in [5.74, 6) is 2.44. The Bertz CT molecular complexity index is 235. The van der Waals surface area contributed by atoms with Crippen molar-refractivity contribution in [1.29, 1.82) is 0 Å². The third-order valence-electron chi connectivity index (χ3n) is 4.18. The van der Waals surface area contributed by atoms with Gasteiger partial charge in [-0.3, -0.25) is 0 Å². The lowest BCUT2D eigenvalue weighted by molar-refractivity contribution is 0.208. The number of rotatable bonds is 5. The maximum absolute atomic E-state index is 9.17. The molecule has 0 amide bonds. The van der Waals surface area contributed by atoms with Crippen molar-refractivity contribution in [2.75, 3.05) is 6.61 Å². The smallest absolute Gasteiger partial charge is 0.0584 e. The molecule has 0 saturated heterocycles. The fourth-order valence-corrected chi connectivity index (χ4v) is 3.19. The maximum Gasteiger partial charge on any atom is 0.0584 e. The highest BCUT2D eigenvalue weighted by Gasteiger charge is 2.38. The zero-order chi connectivity index (χ0) is 10.8. The molecule has 0 aliphatic heterocycles. The number of aliphatic hydroxyl groups excluding tert-OH is 1. The molecule has 0 radical (unpaired) electrons. The Labute approximate surface area is 92.8 Å². The van der Waals surface area contributed by atoms with Gasteiger partial charge in [-0.2, -0.15) is 0 Å². The van der Waals surface area contributed by atoms with E-state index < -0.39 is 0 Å². The molecule has 2 rings (SSSR count). The minimum atomic E-state index is 0.261. The second kappa shape index (κ2) is 4.67. The van der Waals surface area contributed by atoms with Crippen LogP contribution in [0.2, 0.25) is 0 Å². The highest BCUT2D eigenvalue weighted by atomic mass is 16.3. The summed E-state index contributed by atoms with van der Waals surface area (Å²) in [4.78, 5) is 0. The molecule has 0 heterocycles. The van der Waals surface area contributed by atoms with E-state index in [4.69, 9.17) is 0 Å². The zero-order valence-electron chi connectivity index (χ0n) is 9.82. The summed E-state index contributed by atoms with van der Waals surface area (Å²) >= 11 is 0. The van der Waals surface area contributed by atoms with Gasteiger partial charge in [0, 0.05) is 12.1 Å². The summed E-state index contributed by atoms with van der Waals surface area (Å²) < 4.78 is 0. The molecule has 15 heavy (non-hydrogen) atoms. The molecule has 5 atom stereocenters. The summed E-state index contributed by atoms with van der Waals surface area (Å²) in [6.45, 7) is 4.66. The van der Waals surface area contributed by atoms with Crippen LogP contribution in [0.25, 0.3) is 0 Å². The Balaban J connectivity index is 1.86. The van der Waals surface area contributed by atoms with E-state index in [1.54, 1.807) is 0 Å². The SMILES string of the molecule is CC[C@H](CO)NC(C)C1CC2C=CC1C2. The lowest BCUT2D eigenvalue weighted by Gasteiger charge is -2.29. The average Bonchev–Trinajstić information content (AvgIpc) is 2.87. The van der Waals surface area contributed by atoms with Gasteiger partial charge in [0.1, 0.15) is 0 Å². The first-order valence-electron chi connectivity index (χ1n) is 6.29. The van der Waals surface area contributed by atoms with Gasteiger partial charge in [0.2, 0.25) is 0 Å². The second-order valence-electron chi connectivity index (χ2n) is 5.19. The van der Waals surface area contributed by atoms with E-state index in [1.807, 2.05) is 0 Å². The molecule has 2 heteroatoms. The van der Waals surface area contributed by atoms with Crippen LogP contribution in [0.5, 0.6) is 0 Å². The highest BCUT2D eigenvalue weighted by Crippen LogP contribution is 2.44. The van der Waals surface area contributed by atoms with Gasteiger partial charge in [-0.15, -0.1) is 0 Å². The third-order valence-corrected chi connectivity index (χ3v) is 4.18. The van der Waals surface area contributed by atoms with E-state index in [0.717, 1.165) is 24.2 Å². The van der Waals surface area contributed by atoms with Crippen LogP contribution in [0.3, 0.4) is 0 Å². The number of aliphatic hydroxyl groups is 1. The monoisotopic (exact) mass is 209 g/mol. The molecule has 0 aromatic heterocycles. The molecule has 1 saturated carbocycles. The largest absolute Gasteiger partial charge is 0.395 e. The van der Waals surface area contributed by atoms with Gasteiger partial charge < -0.3 is 10.4 Å². The van der Waals surface area contributed by atoms with Crippen molar-refractivity contribution in [3.63, 3.8) is 0 Å². The van der Waals surface area contributed by atoms with Crippen LogP contribution in [0.15, 0.2) is 12.2 Å². The summed E-state index contributed by atoms with van der Waals surface area (Å²) in [7, 11) is 0. The molecule has 0 aromatic carbocycles. The zero-order valence-corrected chi connectivity index (χ0v) is 9.82. The standard InChI is InChI=1S/C13H23NO/c1-3-12(8-15)14-9(2)13-7-10-4-5-11(13)6-10/h4-5,9-15H,3,6-8H2,1-2H3/t9?,10?,11?,12-,13?/m1/s1. The number of nitrogens with one attached hydrogen (secondary N) is 1. The molecule has 4 unspecified atom stereocenters. The molecule has 0 aromatic rings. The van der Waals surface area contributed by atoms with Gasteiger partial charge in [-0.25, -0.2) is 0 Å². The summed E-state index contributed by atoms with van der Waals surface area (Å²) in [5.41, 5.74) is 0. The fraction of sp³-hybridized carbons (Fsp3) is 0.846. The van der Waals surface area contributed by atoms with Crippen molar-refractivity contribution < 1.29 is 5.11 Å². The van der Waals surface area contributed by atoms with Crippen LogP contribution >= 0.6 is 0 Å². The van der Waals surface area contributed by atoms with Crippen LogP contribution in [0.4, 0.5) is 0 Å². The summed E-state index contributed by atoms with van der Waals surface area (Å²) in [6.07, 6.45) is 8.51. The Morgan fingerprint density at radius 2 is 2.20 bits per heavy atom. The van der Waals surface area contributed by atoms with Crippen LogP contribution in [-0.4, -0.2) is 23.8 Å². The van der Waals surface area contributed by atoms with Crippen LogP contribution in [0.1, 0.15) is 33.1 Å². The maximum atomic E-state index is 9.17. The van der Waals surface area contributed by atoms with Gasteiger partial charge >= 0.3 is 0 Å². The molecule has 2 aliphatic carbocycles. The summed E-state index contributed by atoms with van der Waals surface area (Å²) in [5, 5.41) is 12.7. The molecular formula is C13H23NO. The lowest BCUT2D eigenvalue weighted by Crippen LogP contribution is -2.43. The Hall–Kier alpha value is -0.340. The number of allylic oxidation sites excluding steroid dienone is 2. The van der Waals surface area contributed by atoms with E-state index in [9.17, 15) is 5.11 Å². The minimum Gasteiger partial charge on any atom is -0.395 e. The van der Waals surface area contributed by atoms with Gasteiger partial charge in [0.25, 0.3) is 0 Å². The minimum absolute atomic E-state index is 0.261. The van der Waals surface area contributed by atoms with Gasteiger partial charge in [-0.1, -0.05) is 19.1 Å². The molecule has 2 bridgehead atoms. The van der Waals surface area contributed by atoms with Crippen molar-refractivity contribution in [3.8, 4) is 0 Å². The van der Waals surface area contributed by atoms with Gasteiger partial charge in [0.05, 0.1) is 6.61 Å². The first kappa shape index (κ1) is 11.2. The van der Waals surface area contributed by atoms with E-state index in [-0.39, 0.29) is 12.6 Å². The summed E-state index contributed by atoms with van der Waals surface area (Å²) in [6, 6.07) is 0.824. The quantitative estimate of drug-likeness (QED) is 0.678. The first-order valence-corrected chi connectivity index (χ1v) is 6.29. The van der Waals surface area contributed by atoms with Crippen molar-refractivity contribution in [1.82, 2.24) is 5.32 Å². The number of hydrogen-bond acceptors (Lipinski definition) is 2. The first-order chi connectivity index (χ1) is 7.24. The number of fused-ring (bicyclic) bond motifs is 2. The molecular weight excluding hydrogens is 186 g/mol. The van der Waals surface area contributed by atoms with Gasteiger partial charge in [0.15, 0.2) is 0 Å². The van der Waals surface area contributed by atoms with Crippen molar-refractivity contribution in [2.45, 2.75) is 45.2 Å². The number of hydrogen-bond donors (Lipinski definition) is 2. The topological polar surface area (TPSA) is 32.3 Å². The molecule has 1 fully saturated rings. The van der Waals surface area contributed by atoms with Crippen LogP contribution < -0.4 is 5.32 Å². The Morgan fingerprint density at radius 1 is 1.40 bits per heavy atom. The molecule has 86 valence electrons. The second-order valence-corrected chi connectivity index (χ2v) is 5.19. The predicted molar refractivity (Wildman–Crippen MR) is 62.6 cm³/mol. The molecule has 2 N–H and O–H groups in total. The fourth-order valence-electron chi connectivity index (χ4n) is 3.19. The van der Waals surface area contributed by atoms with E-state index >= 15 is 0 Å². The normalized spacial score (nSPS) is 37.1. The van der Waals surface area contributed by atoms with E-state index in [2.05, 4.69) is 31.3 Å². The van der Waals surface area contributed by atoms with E-state index in [1.165, 1.54) is 12.8 Å². The van der Waals surface area contributed by atoms with Crippen LogP contribution in [-0.2, 0) is 0 Å². The predicted octanol–water partition coefficient (Wildman–Crippen LogP) is 1.95. The highest BCUT2D eigenvalue weighted by molar-refractivity contribution is 5.11. The van der Waals surface area contributed by atoms with Crippen molar-refractivity contribution in [3.05, 3.63) is 12.2 Å². The average molecular weight is 209 g/mol. The lowest BCUT2D eigenvalue weighted by atomic mass is 9.87. The third kappa shape index (κ3) is 2.26. The van der Waals surface area contributed by atoms with Gasteiger partial charge in [-0.05, 0) is 43.9 Å². The van der Waals surface area contributed by atoms with Crippen LogP contribution in [0, 0.1) is 17.8 Å². The van der Waals surface area contributed by atoms with Crippen molar-refractivity contribution >= 4 is 0 Å². The van der Waals surface area contributed by atoms with Crippen molar-refractivity contribution in [2.24, 2.45) is 17.8 Å². The molecule has 2 nitrogen and oxygen atoms in total.